The van der Waals surface area contributed by atoms with Crippen LogP contribution in [-0.2, 0) is 0 Å². The lowest BCUT2D eigenvalue weighted by Gasteiger charge is -2.07. The lowest BCUT2D eigenvalue weighted by molar-refractivity contribution is 0.102. The second-order valence-corrected chi connectivity index (χ2v) is 3.78. The van der Waals surface area contributed by atoms with E-state index in [9.17, 15) is 4.79 Å². The van der Waals surface area contributed by atoms with E-state index in [0.29, 0.717) is 16.3 Å². The SMILES string of the molecule is Nc1ncccc1C(=O)Nc1ccccc1Cl. The Morgan fingerprint density at radius 1 is 1.24 bits per heavy atom. The van der Waals surface area contributed by atoms with Crippen molar-refractivity contribution < 1.29 is 4.79 Å². The molecule has 5 heteroatoms. The number of carbonyl (C=O) groups excluding carboxylic acids is 1. The molecule has 0 unspecified atom stereocenters. The van der Waals surface area contributed by atoms with Gasteiger partial charge in [0.2, 0.25) is 0 Å². The number of aromatic nitrogens is 1. The fourth-order valence-corrected chi connectivity index (χ4v) is 1.54. The zero-order valence-corrected chi connectivity index (χ0v) is 9.61. The van der Waals surface area contributed by atoms with Crippen molar-refractivity contribution in [3.63, 3.8) is 0 Å². The molecule has 2 aromatic rings. The third-order valence-corrected chi connectivity index (χ3v) is 2.53. The van der Waals surface area contributed by atoms with Gasteiger partial charge in [0, 0.05) is 6.20 Å². The number of hydrogen-bond donors (Lipinski definition) is 2. The normalized spacial score (nSPS) is 9.94. The van der Waals surface area contributed by atoms with E-state index in [4.69, 9.17) is 17.3 Å². The van der Waals surface area contributed by atoms with Gasteiger partial charge in [-0.1, -0.05) is 23.7 Å². The summed E-state index contributed by atoms with van der Waals surface area (Å²) in [6.07, 6.45) is 1.53. The average Bonchev–Trinajstić information content (AvgIpc) is 2.32. The minimum Gasteiger partial charge on any atom is -0.383 e. The number of para-hydroxylation sites is 1. The molecule has 1 heterocycles. The molecular formula is C12H10ClN3O. The molecule has 0 saturated carbocycles. The van der Waals surface area contributed by atoms with Gasteiger partial charge in [-0.2, -0.15) is 0 Å². The second kappa shape index (κ2) is 4.84. The molecule has 1 amide bonds. The number of nitrogens with zero attached hydrogens (tertiary/aromatic N) is 1. The van der Waals surface area contributed by atoms with Gasteiger partial charge >= 0.3 is 0 Å². The monoisotopic (exact) mass is 247 g/mol. The van der Waals surface area contributed by atoms with Gasteiger partial charge < -0.3 is 11.1 Å². The maximum atomic E-state index is 11.9. The standard InChI is InChI=1S/C12H10ClN3O/c13-9-5-1-2-6-10(9)16-12(17)8-4-3-7-15-11(8)14/h1-7H,(H2,14,15)(H,16,17). The number of nitrogens with one attached hydrogen (secondary N) is 1. The second-order valence-electron chi connectivity index (χ2n) is 3.37. The first-order valence-corrected chi connectivity index (χ1v) is 5.32. The van der Waals surface area contributed by atoms with E-state index in [2.05, 4.69) is 10.3 Å². The average molecular weight is 248 g/mol. The predicted molar refractivity (Wildman–Crippen MR) is 68.1 cm³/mol. The molecule has 0 aliphatic heterocycles. The number of benzene rings is 1. The molecule has 0 saturated heterocycles. The summed E-state index contributed by atoms with van der Waals surface area (Å²) in [6.45, 7) is 0. The number of hydrogen-bond acceptors (Lipinski definition) is 3. The molecule has 0 aliphatic rings. The number of carbonyl (C=O) groups is 1. The summed E-state index contributed by atoms with van der Waals surface area (Å²) in [5, 5.41) is 3.15. The molecule has 86 valence electrons. The molecular weight excluding hydrogens is 238 g/mol. The number of rotatable bonds is 2. The third-order valence-electron chi connectivity index (χ3n) is 2.21. The van der Waals surface area contributed by atoms with Crippen molar-refractivity contribution in [1.29, 1.82) is 0 Å². The molecule has 0 radical (unpaired) electrons. The smallest absolute Gasteiger partial charge is 0.259 e. The Hall–Kier alpha value is -2.07. The maximum Gasteiger partial charge on any atom is 0.259 e. The van der Waals surface area contributed by atoms with E-state index in [1.165, 1.54) is 6.20 Å². The van der Waals surface area contributed by atoms with Crippen LogP contribution in [0, 0.1) is 0 Å². The number of amides is 1. The number of nitrogens with two attached hydrogens (primary N) is 1. The highest BCUT2D eigenvalue weighted by atomic mass is 35.5. The molecule has 0 spiro atoms. The van der Waals surface area contributed by atoms with Crippen molar-refractivity contribution in [1.82, 2.24) is 4.98 Å². The van der Waals surface area contributed by atoms with Crippen molar-refractivity contribution in [2.24, 2.45) is 0 Å². The zero-order chi connectivity index (χ0) is 12.3. The Balaban J connectivity index is 2.24. The van der Waals surface area contributed by atoms with Gasteiger partial charge in [-0.15, -0.1) is 0 Å². The molecule has 0 fully saturated rings. The van der Waals surface area contributed by atoms with Gasteiger partial charge in [-0.05, 0) is 24.3 Å². The highest BCUT2D eigenvalue weighted by molar-refractivity contribution is 6.33. The van der Waals surface area contributed by atoms with Gasteiger partial charge in [0.25, 0.3) is 5.91 Å². The Kier molecular flexibility index (Phi) is 3.25. The highest BCUT2D eigenvalue weighted by Crippen LogP contribution is 2.21. The van der Waals surface area contributed by atoms with Crippen LogP contribution >= 0.6 is 11.6 Å². The van der Waals surface area contributed by atoms with Crippen molar-refractivity contribution >= 4 is 29.0 Å². The van der Waals surface area contributed by atoms with Crippen molar-refractivity contribution in [2.75, 3.05) is 11.1 Å². The van der Waals surface area contributed by atoms with Crippen molar-refractivity contribution in [3.05, 3.63) is 53.2 Å². The van der Waals surface area contributed by atoms with Crippen LogP contribution in [0.2, 0.25) is 5.02 Å². The number of pyridine rings is 1. The van der Waals surface area contributed by atoms with Crippen LogP contribution in [0.25, 0.3) is 0 Å². The molecule has 17 heavy (non-hydrogen) atoms. The van der Waals surface area contributed by atoms with Crippen LogP contribution in [0.15, 0.2) is 42.6 Å². The van der Waals surface area contributed by atoms with Gasteiger partial charge in [-0.25, -0.2) is 4.98 Å². The third kappa shape index (κ3) is 2.54. The van der Waals surface area contributed by atoms with Gasteiger partial charge in [0.05, 0.1) is 16.3 Å². The van der Waals surface area contributed by atoms with Crippen LogP contribution in [0.4, 0.5) is 11.5 Å². The lowest BCUT2D eigenvalue weighted by atomic mass is 10.2. The van der Waals surface area contributed by atoms with E-state index >= 15 is 0 Å². The summed E-state index contributed by atoms with van der Waals surface area (Å²) in [5.41, 5.74) is 6.48. The first-order valence-electron chi connectivity index (χ1n) is 4.95. The van der Waals surface area contributed by atoms with Crippen LogP contribution in [0.5, 0.6) is 0 Å². The van der Waals surface area contributed by atoms with E-state index in [1.807, 2.05) is 0 Å². The van der Waals surface area contributed by atoms with Crippen LogP contribution in [0.1, 0.15) is 10.4 Å². The largest absolute Gasteiger partial charge is 0.383 e. The molecule has 0 bridgehead atoms. The van der Waals surface area contributed by atoms with E-state index in [1.54, 1.807) is 36.4 Å². The number of anilines is 2. The maximum absolute atomic E-state index is 11.9. The summed E-state index contributed by atoms with van der Waals surface area (Å²) < 4.78 is 0. The van der Waals surface area contributed by atoms with E-state index in [0.717, 1.165) is 0 Å². The molecule has 0 aliphatic carbocycles. The topological polar surface area (TPSA) is 68.0 Å². The Labute approximate surface area is 103 Å². The summed E-state index contributed by atoms with van der Waals surface area (Å²) in [6, 6.07) is 10.2. The number of nitrogen functional groups attached to an aromatic ring is 1. The zero-order valence-electron chi connectivity index (χ0n) is 8.85. The van der Waals surface area contributed by atoms with Crippen molar-refractivity contribution in [3.8, 4) is 0 Å². The Morgan fingerprint density at radius 3 is 2.71 bits per heavy atom. The fourth-order valence-electron chi connectivity index (χ4n) is 1.36. The first-order chi connectivity index (χ1) is 8.18. The fraction of sp³-hybridized carbons (Fsp3) is 0. The minimum absolute atomic E-state index is 0.192. The van der Waals surface area contributed by atoms with E-state index in [-0.39, 0.29) is 11.7 Å². The van der Waals surface area contributed by atoms with Crippen LogP contribution < -0.4 is 11.1 Å². The molecule has 2 rings (SSSR count). The molecule has 1 aromatic carbocycles. The molecule has 4 nitrogen and oxygen atoms in total. The first kappa shape index (κ1) is 11.4. The van der Waals surface area contributed by atoms with Gasteiger partial charge in [0.1, 0.15) is 5.82 Å². The molecule has 0 atom stereocenters. The van der Waals surface area contributed by atoms with Gasteiger partial charge in [0.15, 0.2) is 0 Å². The summed E-state index contributed by atoms with van der Waals surface area (Å²) in [7, 11) is 0. The highest BCUT2D eigenvalue weighted by Gasteiger charge is 2.11. The van der Waals surface area contributed by atoms with Gasteiger partial charge in [-0.3, -0.25) is 4.79 Å². The molecule has 3 N–H and O–H groups in total. The Morgan fingerprint density at radius 2 is 2.00 bits per heavy atom. The summed E-state index contributed by atoms with van der Waals surface area (Å²) >= 11 is 5.93. The quantitative estimate of drug-likeness (QED) is 0.857. The summed E-state index contributed by atoms with van der Waals surface area (Å²) in [5.74, 6) is -0.138. The predicted octanol–water partition coefficient (Wildman–Crippen LogP) is 2.57. The van der Waals surface area contributed by atoms with Crippen LogP contribution in [0.3, 0.4) is 0 Å². The summed E-state index contributed by atoms with van der Waals surface area (Å²) in [4.78, 5) is 15.7. The molecule has 1 aromatic heterocycles. The van der Waals surface area contributed by atoms with E-state index < -0.39 is 0 Å². The van der Waals surface area contributed by atoms with Crippen LogP contribution in [-0.4, -0.2) is 10.9 Å². The lowest BCUT2D eigenvalue weighted by Crippen LogP contribution is -2.14. The Bertz CT molecular complexity index is 557. The number of halogens is 1. The van der Waals surface area contributed by atoms with Crippen molar-refractivity contribution in [2.45, 2.75) is 0 Å². The minimum atomic E-state index is -0.330.